The Kier molecular flexibility index (Phi) is 12.0. The Morgan fingerprint density at radius 2 is 1.38 bits per heavy atom. The molecule has 162 valence electrons. The van der Waals surface area contributed by atoms with Gasteiger partial charge in [-0.25, -0.2) is 0 Å². The van der Waals surface area contributed by atoms with E-state index in [2.05, 4.69) is 60.7 Å². The van der Waals surface area contributed by atoms with Crippen LogP contribution in [0.1, 0.15) is 48.5 Å². The van der Waals surface area contributed by atoms with Crippen LogP contribution >= 0.6 is 0 Å². The third kappa shape index (κ3) is 8.36. The van der Waals surface area contributed by atoms with Crippen molar-refractivity contribution in [3.63, 3.8) is 0 Å². The van der Waals surface area contributed by atoms with Crippen LogP contribution in [0.3, 0.4) is 0 Å². The van der Waals surface area contributed by atoms with E-state index in [1.54, 1.807) is 7.11 Å². The molecule has 0 spiro atoms. The molecular formula is C29H33LiO2. The van der Waals surface area contributed by atoms with Crippen molar-refractivity contribution < 1.29 is 28.3 Å². The van der Waals surface area contributed by atoms with E-state index in [0.717, 1.165) is 44.5 Å². The van der Waals surface area contributed by atoms with Gasteiger partial charge in [0.05, 0.1) is 7.11 Å². The molecule has 32 heavy (non-hydrogen) atoms. The van der Waals surface area contributed by atoms with Crippen molar-refractivity contribution in [3.8, 4) is 5.75 Å². The minimum atomic E-state index is -0.0115. The zero-order valence-corrected chi connectivity index (χ0v) is 19.5. The maximum Gasteiger partial charge on any atom is 1.00 e. The third-order valence-electron chi connectivity index (χ3n) is 5.64. The Labute approximate surface area is 205 Å². The first-order valence-electron chi connectivity index (χ1n) is 11.2. The fraction of sp³-hybridized carbons (Fsp3) is 0.310. The van der Waals surface area contributed by atoms with Crippen molar-refractivity contribution in [3.05, 3.63) is 114 Å². The van der Waals surface area contributed by atoms with Gasteiger partial charge in [0.1, 0.15) is 11.9 Å². The number of benzene rings is 3. The summed E-state index contributed by atoms with van der Waals surface area (Å²) in [6.07, 6.45) is 7.26. The van der Waals surface area contributed by atoms with Crippen LogP contribution in [0.4, 0.5) is 0 Å². The predicted octanol–water partition coefficient (Wildman–Crippen LogP) is 4.21. The molecule has 0 radical (unpaired) electrons. The van der Waals surface area contributed by atoms with Gasteiger partial charge in [0.2, 0.25) is 0 Å². The number of hydrogen-bond donors (Lipinski definition) is 0. The molecule has 1 atom stereocenters. The van der Waals surface area contributed by atoms with E-state index in [-0.39, 0.29) is 25.0 Å². The van der Waals surface area contributed by atoms with Crippen LogP contribution in [-0.4, -0.2) is 13.7 Å². The summed E-state index contributed by atoms with van der Waals surface area (Å²) in [6, 6.07) is 29.2. The minimum Gasteiger partial charge on any atom is -0.518 e. The van der Waals surface area contributed by atoms with E-state index >= 15 is 0 Å². The first-order valence-corrected chi connectivity index (χ1v) is 11.2. The second-order valence-electron chi connectivity index (χ2n) is 7.93. The van der Waals surface area contributed by atoms with Crippen molar-refractivity contribution in [1.82, 2.24) is 0 Å². The zero-order valence-electron chi connectivity index (χ0n) is 19.5. The summed E-state index contributed by atoms with van der Waals surface area (Å²) in [7, 11) is 1.69. The molecule has 0 aliphatic heterocycles. The van der Waals surface area contributed by atoms with E-state index < -0.39 is 0 Å². The Hall–Kier alpha value is -2.24. The number of methoxy groups -OCH3 is 1. The SMILES string of the molecule is [CH-]=CC(CCCCCOC(c1ccccc1)c1ccccc1)Cc1ccc(OC)cc1.[Li+]. The maximum atomic E-state index is 6.32. The van der Waals surface area contributed by atoms with Gasteiger partial charge in [0.15, 0.2) is 0 Å². The van der Waals surface area contributed by atoms with Gasteiger partial charge in [0, 0.05) is 6.61 Å². The molecule has 0 saturated heterocycles. The van der Waals surface area contributed by atoms with Crippen LogP contribution in [0.25, 0.3) is 0 Å². The molecule has 0 saturated carbocycles. The van der Waals surface area contributed by atoms with Crippen LogP contribution < -0.4 is 23.6 Å². The molecule has 0 aromatic heterocycles. The molecule has 0 aliphatic carbocycles. The zero-order chi connectivity index (χ0) is 21.7. The number of ether oxygens (including phenoxy) is 2. The molecule has 0 fully saturated rings. The van der Waals surface area contributed by atoms with Crippen molar-refractivity contribution in [1.29, 1.82) is 0 Å². The van der Waals surface area contributed by atoms with Gasteiger partial charge in [0.25, 0.3) is 0 Å². The molecule has 3 aromatic carbocycles. The second-order valence-corrected chi connectivity index (χ2v) is 7.93. The largest absolute Gasteiger partial charge is 1.00 e. The first-order chi connectivity index (χ1) is 15.3. The van der Waals surface area contributed by atoms with Gasteiger partial charge >= 0.3 is 18.9 Å². The molecule has 0 aliphatic rings. The summed E-state index contributed by atoms with van der Waals surface area (Å²) in [5, 5.41) is 0. The van der Waals surface area contributed by atoms with E-state index in [0.29, 0.717) is 5.92 Å². The van der Waals surface area contributed by atoms with E-state index in [1.165, 1.54) is 16.7 Å². The summed E-state index contributed by atoms with van der Waals surface area (Å²) >= 11 is 0. The van der Waals surface area contributed by atoms with E-state index in [1.807, 2.05) is 30.3 Å². The predicted molar refractivity (Wildman–Crippen MR) is 128 cm³/mol. The molecule has 2 nitrogen and oxygen atoms in total. The molecule has 0 bridgehead atoms. The first kappa shape index (κ1) is 26.0. The molecule has 1 unspecified atom stereocenters. The quantitative estimate of drug-likeness (QED) is 0.234. The molecule has 3 rings (SSSR count). The van der Waals surface area contributed by atoms with Crippen molar-refractivity contribution in [2.75, 3.05) is 13.7 Å². The summed E-state index contributed by atoms with van der Waals surface area (Å²) in [4.78, 5) is 0. The van der Waals surface area contributed by atoms with Gasteiger partial charge in [-0.1, -0.05) is 91.6 Å². The van der Waals surface area contributed by atoms with E-state index in [4.69, 9.17) is 16.1 Å². The normalized spacial score (nSPS) is 11.6. The Morgan fingerprint density at radius 1 is 0.781 bits per heavy atom. The monoisotopic (exact) mass is 420 g/mol. The Balaban J connectivity index is 0.00000363. The molecule has 0 heterocycles. The van der Waals surface area contributed by atoms with Gasteiger partial charge < -0.3 is 16.1 Å². The number of rotatable bonds is 13. The number of hydrogen-bond acceptors (Lipinski definition) is 2. The van der Waals surface area contributed by atoms with Gasteiger partial charge in [-0.05, 0) is 48.1 Å². The van der Waals surface area contributed by atoms with E-state index in [9.17, 15) is 0 Å². The van der Waals surface area contributed by atoms with Crippen LogP contribution in [0, 0.1) is 12.5 Å². The Morgan fingerprint density at radius 3 is 1.91 bits per heavy atom. The van der Waals surface area contributed by atoms with Crippen molar-refractivity contribution in [2.45, 2.75) is 38.2 Å². The molecular weight excluding hydrogens is 387 g/mol. The van der Waals surface area contributed by atoms with Gasteiger partial charge in [-0.2, -0.15) is 0 Å². The minimum absolute atomic E-state index is 0. The summed E-state index contributed by atoms with van der Waals surface area (Å²) in [5.41, 5.74) is 3.70. The molecule has 3 heteroatoms. The molecule has 3 aromatic rings. The van der Waals surface area contributed by atoms with Crippen molar-refractivity contribution >= 4 is 0 Å². The fourth-order valence-corrected chi connectivity index (χ4v) is 3.86. The average Bonchev–Trinajstić information content (AvgIpc) is 2.84. The average molecular weight is 421 g/mol. The number of unbranched alkanes of at least 4 members (excludes halogenated alkanes) is 2. The van der Waals surface area contributed by atoms with Crippen molar-refractivity contribution in [2.24, 2.45) is 5.92 Å². The van der Waals surface area contributed by atoms with Gasteiger partial charge in [-0.15, -0.1) is 0 Å². The molecule has 0 N–H and O–H groups in total. The standard InChI is InChI=1S/C29H33O2.Li/c1-3-24(23-25-18-20-28(30-2)21-19-25)13-7-6-12-22-31-29(26-14-8-4-9-15-26)27-16-10-5-11-17-27;/h1,3-5,8-11,14-21,24,29H,6-7,12-13,22-23H2,2H3;/q-1;+1. The van der Waals surface area contributed by atoms with Crippen LogP contribution in [0.2, 0.25) is 0 Å². The number of allylic oxidation sites excluding steroid dienone is 1. The molecule has 0 amide bonds. The topological polar surface area (TPSA) is 18.5 Å². The van der Waals surface area contributed by atoms with Crippen LogP contribution in [-0.2, 0) is 11.2 Å². The summed E-state index contributed by atoms with van der Waals surface area (Å²) in [5.74, 6) is 1.29. The Bertz CT molecular complexity index is 839. The fourth-order valence-electron chi connectivity index (χ4n) is 3.86. The summed E-state index contributed by atoms with van der Waals surface area (Å²) < 4.78 is 11.6. The third-order valence-corrected chi connectivity index (χ3v) is 5.64. The van der Waals surface area contributed by atoms with Crippen LogP contribution in [0.5, 0.6) is 5.75 Å². The smallest absolute Gasteiger partial charge is 0.518 e. The van der Waals surface area contributed by atoms with Gasteiger partial charge in [-0.3, -0.25) is 6.08 Å². The maximum absolute atomic E-state index is 6.32. The summed E-state index contributed by atoms with van der Waals surface area (Å²) in [6.45, 7) is 6.67. The second kappa shape index (κ2) is 14.8. The van der Waals surface area contributed by atoms with Crippen LogP contribution in [0.15, 0.2) is 91.0 Å².